The minimum absolute atomic E-state index is 0.0319. The van der Waals surface area contributed by atoms with Crippen LogP contribution in [0.25, 0.3) is 0 Å². The molecule has 1 aliphatic carbocycles. The van der Waals surface area contributed by atoms with E-state index < -0.39 is 21.6 Å². The molecule has 0 fully saturated rings. The van der Waals surface area contributed by atoms with E-state index in [1.54, 1.807) is 36.4 Å². The van der Waals surface area contributed by atoms with Gasteiger partial charge in [0.1, 0.15) is 5.75 Å². The van der Waals surface area contributed by atoms with E-state index in [4.69, 9.17) is 10.5 Å². The van der Waals surface area contributed by atoms with Gasteiger partial charge < -0.3 is 10.5 Å². The molecule has 37 heavy (non-hydrogen) atoms. The fraction of sp³-hybridized carbons (Fsp3) is 0.310. The molecule has 0 saturated heterocycles. The molecule has 0 heterocycles. The highest BCUT2D eigenvalue weighted by molar-refractivity contribution is 7.92. The lowest BCUT2D eigenvalue weighted by atomic mass is 9.82. The van der Waals surface area contributed by atoms with Crippen LogP contribution in [0.15, 0.2) is 59.5 Å². The van der Waals surface area contributed by atoms with Gasteiger partial charge in [0.2, 0.25) is 0 Å². The van der Waals surface area contributed by atoms with Gasteiger partial charge in [-0.05, 0) is 25.5 Å². The summed E-state index contributed by atoms with van der Waals surface area (Å²) < 4.78 is 34.9. The molecular weight excluding hydrogens is 488 g/mol. The summed E-state index contributed by atoms with van der Waals surface area (Å²) in [5, 5.41) is 0. The first kappa shape index (κ1) is 26.4. The minimum atomic E-state index is -4.06. The molecule has 0 radical (unpaired) electrons. The van der Waals surface area contributed by atoms with E-state index >= 15 is 0 Å². The summed E-state index contributed by atoms with van der Waals surface area (Å²) in [5.41, 5.74) is 7.62. The van der Waals surface area contributed by atoms with Crippen molar-refractivity contribution in [3.05, 3.63) is 82.4 Å². The van der Waals surface area contributed by atoms with Gasteiger partial charge in [-0.1, -0.05) is 81.0 Å². The van der Waals surface area contributed by atoms with Gasteiger partial charge >= 0.3 is 0 Å². The molecule has 0 aliphatic heterocycles. The van der Waals surface area contributed by atoms with Gasteiger partial charge in [-0.25, -0.2) is 8.42 Å². The second kappa shape index (κ2) is 11.2. The lowest BCUT2D eigenvalue weighted by Gasteiger charge is -2.24. The number of nitrogens with one attached hydrogen (secondary N) is 1. The van der Waals surface area contributed by atoms with Gasteiger partial charge in [0.25, 0.3) is 10.0 Å². The second-order valence-corrected chi connectivity index (χ2v) is 11.0. The Labute approximate surface area is 218 Å². The summed E-state index contributed by atoms with van der Waals surface area (Å²) in [4.78, 5) is 27.0. The molecule has 3 aromatic carbocycles. The molecule has 0 saturated carbocycles. The molecule has 0 spiro atoms. The number of nitrogen functional groups attached to an aromatic ring is 1. The predicted molar refractivity (Wildman–Crippen MR) is 145 cm³/mol. The Morgan fingerprint density at radius 2 is 1.43 bits per heavy atom. The third-order valence-corrected chi connectivity index (χ3v) is 7.91. The SMILES string of the molecule is CCCCCCCCOc1cc(NS(=O)(=O)c2ccc(C)cc2)c2c(c1N)C(=O)c1ccccc1C2=O. The number of hydrogen-bond donors (Lipinski definition) is 2. The average molecular weight is 521 g/mol. The standard InChI is InChI=1S/C29H32N2O5S/c1-3-4-5-6-7-10-17-36-24-18-23(31-37(34,35)20-15-13-19(2)14-16-20)25-26(27(24)30)29(33)22-12-9-8-11-21(22)28(25)32/h8-9,11-16,18,31H,3-7,10,17,30H2,1-2H3. The third kappa shape index (κ3) is 5.54. The number of ether oxygens (including phenoxy) is 1. The maximum Gasteiger partial charge on any atom is 0.261 e. The van der Waals surface area contributed by atoms with Gasteiger partial charge in [-0.3, -0.25) is 14.3 Å². The van der Waals surface area contributed by atoms with E-state index in [1.807, 2.05) is 6.92 Å². The van der Waals surface area contributed by atoms with Crippen LogP contribution in [0.5, 0.6) is 5.75 Å². The lowest BCUT2D eigenvalue weighted by Crippen LogP contribution is -2.26. The summed E-state index contributed by atoms with van der Waals surface area (Å²) in [6.07, 6.45) is 6.41. The zero-order chi connectivity index (χ0) is 26.6. The Hall–Kier alpha value is -3.65. The first-order valence-electron chi connectivity index (χ1n) is 12.6. The molecule has 0 amide bonds. The molecule has 0 atom stereocenters. The number of ketones is 2. The van der Waals surface area contributed by atoms with Crippen molar-refractivity contribution >= 4 is 33.0 Å². The lowest BCUT2D eigenvalue weighted by molar-refractivity contribution is 0.0980. The van der Waals surface area contributed by atoms with Crippen LogP contribution in [0.3, 0.4) is 0 Å². The highest BCUT2D eigenvalue weighted by Gasteiger charge is 2.36. The largest absolute Gasteiger partial charge is 0.491 e. The summed E-state index contributed by atoms with van der Waals surface area (Å²) in [6.45, 7) is 4.38. The first-order valence-corrected chi connectivity index (χ1v) is 14.1. The highest BCUT2D eigenvalue weighted by atomic mass is 32.2. The number of nitrogens with two attached hydrogens (primary N) is 1. The number of rotatable bonds is 11. The molecule has 0 unspecified atom stereocenters. The number of anilines is 2. The molecule has 194 valence electrons. The van der Waals surface area contributed by atoms with Crippen molar-refractivity contribution in [3.63, 3.8) is 0 Å². The van der Waals surface area contributed by atoms with E-state index in [1.165, 1.54) is 37.5 Å². The fourth-order valence-corrected chi connectivity index (χ4v) is 5.54. The molecule has 8 heteroatoms. The number of fused-ring (bicyclic) bond motifs is 2. The number of sulfonamides is 1. The Bertz CT molecular complexity index is 1430. The summed E-state index contributed by atoms with van der Waals surface area (Å²) >= 11 is 0. The fourth-order valence-electron chi connectivity index (χ4n) is 4.48. The molecule has 1 aliphatic rings. The van der Waals surface area contributed by atoms with Crippen LogP contribution in [0.2, 0.25) is 0 Å². The topological polar surface area (TPSA) is 116 Å². The molecule has 4 rings (SSSR count). The van der Waals surface area contributed by atoms with E-state index in [-0.39, 0.29) is 44.3 Å². The number of carbonyl (C=O) groups is 2. The normalized spacial score (nSPS) is 12.7. The zero-order valence-electron chi connectivity index (χ0n) is 21.2. The van der Waals surface area contributed by atoms with Crippen molar-refractivity contribution in [1.82, 2.24) is 0 Å². The average Bonchev–Trinajstić information content (AvgIpc) is 2.88. The van der Waals surface area contributed by atoms with Gasteiger partial charge in [0.05, 0.1) is 34.0 Å². The number of unbranched alkanes of at least 4 members (excludes halogenated alkanes) is 5. The van der Waals surface area contributed by atoms with Crippen LogP contribution >= 0.6 is 0 Å². The van der Waals surface area contributed by atoms with Crippen molar-refractivity contribution in [2.24, 2.45) is 0 Å². The first-order chi connectivity index (χ1) is 17.7. The van der Waals surface area contributed by atoms with E-state index in [2.05, 4.69) is 11.6 Å². The van der Waals surface area contributed by atoms with Gasteiger partial charge in [-0.2, -0.15) is 0 Å². The molecule has 0 aromatic heterocycles. The quantitative estimate of drug-likeness (QED) is 0.188. The maximum absolute atomic E-state index is 13.5. The monoisotopic (exact) mass is 520 g/mol. The van der Waals surface area contributed by atoms with Crippen molar-refractivity contribution in [3.8, 4) is 5.75 Å². The number of carbonyl (C=O) groups excluding carboxylic acids is 2. The van der Waals surface area contributed by atoms with E-state index in [0.29, 0.717) is 6.61 Å². The zero-order valence-corrected chi connectivity index (χ0v) is 22.0. The Morgan fingerprint density at radius 1 is 0.838 bits per heavy atom. The second-order valence-electron chi connectivity index (χ2n) is 9.32. The Morgan fingerprint density at radius 3 is 2.08 bits per heavy atom. The third-order valence-electron chi connectivity index (χ3n) is 6.53. The van der Waals surface area contributed by atoms with E-state index in [0.717, 1.165) is 24.8 Å². The molecule has 0 bridgehead atoms. The van der Waals surface area contributed by atoms with Crippen LogP contribution in [-0.4, -0.2) is 26.6 Å². The highest BCUT2D eigenvalue weighted by Crippen LogP contribution is 2.41. The summed E-state index contributed by atoms with van der Waals surface area (Å²) in [7, 11) is -4.06. The van der Waals surface area contributed by atoms with Crippen LogP contribution in [-0.2, 0) is 10.0 Å². The molecule has 3 N–H and O–H groups in total. The summed E-state index contributed by atoms with van der Waals surface area (Å²) in [5.74, 6) is -0.737. The maximum atomic E-state index is 13.5. The van der Waals surface area contributed by atoms with Gasteiger partial charge in [0, 0.05) is 17.2 Å². The van der Waals surface area contributed by atoms with Crippen molar-refractivity contribution in [2.75, 3.05) is 17.1 Å². The Kier molecular flexibility index (Phi) is 7.97. The van der Waals surface area contributed by atoms with Crippen LogP contribution in [0, 0.1) is 6.92 Å². The minimum Gasteiger partial charge on any atom is -0.491 e. The molecule has 3 aromatic rings. The van der Waals surface area contributed by atoms with Crippen LogP contribution in [0.4, 0.5) is 11.4 Å². The van der Waals surface area contributed by atoms with Crippen molar-refractivity contribution < 1.29 is 22.7 Å². The van der Waals surface area contributed by atoms with Crippen molar-refractivity contribution in [1.29, 1.82) is 0 Å². The molecule has 7 nitrogen and oxygen atoms in total. The number of hydrogen-bond acceptors (Lipinski definition) is 6. The van der Waals surface area contributed by atoms with Crippen LogP contribution < -0.4 is 15.2 Å². The van der Waals surface area contributed by atoms with Crippen LogP contribution in [0.1, 0.15) is 82.9 Å². The summed E-state index contributed by atoms with van der Waals surface area (Å²) in [6, 6.07) is 14.2. The smallest absolute Gasteiger partial charge is 0.261 e. The predicted octanol–water partition coefficient (Wildman–Crippen LogP) is 5.89. The van der Waals surface area contributed by atoms with E-state index in [9.17, 15) is 18.0 Å². The molecular formula is C29H32N2O5S. The van der Waals surface area contributed by atoms with Gasteiger partial charge in [0.15, 0.2) is 11.6 Å². The van der Waals surface area contributed by atoms with Gasteiger partial charge in [-0.15, -0.1) is 0 Å². The number of benzene rings is 3. The number of aryl methyl sites for hydroxylation is 1. The Balaban J connectivity index is 1.72. The van der Waals surface area contributed by atoms with Crippen molar-refractivity contribution in [2.45, 2.75) is 57.3 Å².